The number of nitrogens with zero attached hydrogens (tertiary/aromatic N) is 5. The number of carbonyl (C=O) groups is 1. The highest BCUT2D eigenvalue weighted by Gasteiger charge is 2.49. The number of rotatable bonds is 9. The van der Waals surface area contributed by atoms with E-state index in [1.165, 1.54) is 25.7 Å². The predicted octanol–water partition coefficient (Wildman–Crippen LogP) is 4.85. The molecule has 36 heavy (non-hydrogen) atoms. The van der Waals surface area contributed by atoms with Crippen molar-refractivity contribution in [1.82, 2.24) is 35.2 Å². The molecule has 0 aliphatic heterocycles. The number of hydrogen-bond donors (Lipinski definition) is 3. The Labute approximate surface area is 210 Å². The van der Waals surface area contributed by atoms with E-state index in [4.69, 9.17) is 4.98 Å². The molecule has 2 saturated carbocycles. The summed E-state index contributed by atoms with van der Waals surface area (Å²) in [5.41, 5.74) is 5.82. The minimum absolute atomic E-state index is 0.0195. The molecule has 9 nitrogen and oxygen atoms in total. The van der Waals surface area contributed by atoms with Crippen molar-refractivity contribution in [1.29, 1.82) is 0 Å². The summed E-state index contributed by atoms with van der Waals surface area (Å²) in [6.45, 7) is 6.78. The van der Waals surface area contributed by atoms with Crippen LogP contribution in [0.3, 0.4) is 0 Å². The SMILES string of the molecule is CCn1nccc1-c1n[nH]c(C(C(=O)Nc2ccc(-c3c(C)n[nH]c3C)cc2)C(C2CC2)C2CC2)n1. The maximum atomic E-state index is 13.8. The lowest BCUT2D eigenvalue weighted by Crippen LogP contribution is -2.31. The molecular formula is C27H32N8O. The van der Waals surface area contributed by atoms with Crippen molar-refractivity contribution in [2.24, 2.45) is 17.8 Å². The van der Waals surface area contributed by atoms with Crippen molar-refractivity contribution < 1.29 is 4.79 Å². The molecule has 1 atom stereocenters. The number of aryl methyl sites for hydroxylation is 3. The Morgan fingerprint density at radius 3 is 2.39 bits per heavy atom. The highest BCUT2D eigenvalue weighted by Crippen LogP contribution is 2.54. The molecule has 2 aliphatic carbocycles. The third-order valence-electron chi connectivity index (χ3n) is 7.61. The van der Waals surface area contributed by atoms with E-state index < -0.39 is 0 Å². The molecular weight excluding hydrogens is 452 g/mol. The quantitative estimate of drug-likeness (QED) is 0.314. The summed E-state index contributed by atoms with van der Waals surface area (Å²) in [4.78, 5) is 18.7. The Bertz CT molecular complexity index is 1340. The first-order valence-corrected chi connectivity index (χ1v) is 12.9. The number of H-pyrrole nitrogens is 2. The average molecular weight is 485 g/mol. The molecule has 4 aromatic rings. The highest BCUT2D eigenvalue weighted by molar-refractivity contribution is 5.96. The molecule has 0 spiro atoms. The summed E-state index contributed by atoms with van der Waals surface area (Å²) in [6.07, 6.45) is 6.50. The molecule has 3 N–H and O–H groups in total. The van der Waals surface area contributed by atoms with Crippen LogP contribution in [0.25, 0.3) is 22.6 Å². The van der Waals surface area contributed by atoms with Crippen LogP contribution in [0.1, 0.15) is 55.7 Å². The first-order chi connectivity index (χ1) is 17.5. The van der Waals surface area contributed by atoms with Gasteiger partial charge in [0, 0.05) is 29.7 Å². The second-order valence-electron chi connectivity index (χ2n) is 10.2. The molecule has 0 saturated heterocycles. The fourth-order valence-corrected chi connectivity index (χ4v) is 5.59. The van der Waals surface area contributed by atoms with Gasteiger partial charge in [0.2, 0.25) is 5.91 Å². The van der Waals surface area contributed by atoms with Crippen molar-refractivity contribution in [3.63, 3.8) is 0 Å². The molecule has 0 bridgehead atoms. The molecule has 2 fully saturated rings. The Kier molecular flexibility index (Phi) is 5.70. The Morgan fingerprint density at radius 1 is 1.06 bits per heavy atom. The Balaban J connectivity index is 1.28. The minimum Gasteiger partial charge on any atom is -0.325 e. The number of aromatic nitrogens is 7. The molecule has 6 rings (SSSR count). The van der Waals surface area contributed by atoms with Crippen molar-refractivity contribution in [2.45, 2.75) is 58.9 Å². The summed E-state index contributed by atoms with van der Waals surface area (Å²) in [5, 5.41) is 22.5. The fourth-order valence-electron chi connectivity index (χ4n) is 5.59. The van der Waals surface area contributed by atoms with Crippen molar-refractivity contribution >= 4 is 11.6 Å². The van der Waals surface area contributed by atoms with Gasteiger partial charge in [-0.3, -0.25) is 19.7 Å². The molecule has 2 aliphatic rings. The van der Waals surface area contributed by atoms with Crippen LogP contribution in [0.5, 0.6) is 0 Å². The molecule has 186 valence electrons. The van der Waals surface area contributed by atoms with Crippen LogP contribution in [0.4, 0.5) is 5.69 Å². The first-order valence-electron chi connectivity index (χ1n) is 12.9. The Morgan fingerprint density at radius 2 is 1.78 bits per heavy atom. The monoisotopic (exact) mass is 484 g/mol. The minimum atomic E-state index is -0.359. The van der Waals surface area contributed by atoms with Gasteiger partial charge in [-0.05, 0) is 88.0 Å². The van der Waals surface area contributed by atoms with Gasteiger partial charge in [-0.2, -0.15) is 15.3 Å². The van der Waals surface area contributed by atoms with Gasteiger partial charge in [0.15, 0.2) is 5.82 Å². The second-order valence-corrected chi connectivity index (χ2v) is 10.2. The van der Waals surface area contributed by atoms with Crippen LogP contribution in [0, 0.1) is 31.6 Å². The van der Waals surface area contributed by atoms with Gasteiger partial charge in [-0.1, -0.05) is 12.1 Å². The lowest BCUT2D eigenvalue weighted by molar-refractivity contribution is -0.119. The van der Waals surface area contributed by atoms with Gasteiger partial charge in [-0.25, -0.2) is 4.98 Å². The van der Waals surface area contributed by atoms with E-state index >= 15 is 0 Å². The van der Waals surface area contributed by atoms with Crippen molar-refractivity contribution in [2.75, 3.05) is 5.32 Å². The summed E-state index contributed by atoms with van der Waals surface area (Å²) in [7, 11) is 0. The maximum Gasteiger partial charge on any atom is 0.235 e. The van der Waals surface area contributed by atoms with E-state index in [1.54, 1.807) is 6.20 Å². The number of hydrogen-bond acceptors (Lipinski definition) is 5. The Hall–Kier alpha value is -3.75. The first kappa shape index (κ1) is 22.7. The predicted molar refractivity (Wildman–Crippen MR) is 137 cm³/mol. The van der Waals surface area contributed by atoms with Gasteiger partial charge in [0.1, 0.15) is 17.4 Å². The lowest BCUT2D eigenvalue weighted by Gasteiger charge is -2.24. The molecule has 1 unspecified atom stereocenters. The maximum absolute atomic E-state index is 13.8. The third kappa shape index (κ3) is 4.23. The highest BCUT2D eigenvalue weighted by atomic mass is 16.2. The zero-order chi connectivity index (χ0) is 24.8. The third-order valence-corrected chi connectivity index (χ3v) is 7.61. The number of anilines is 1. The smallest absolute Gasteiger partial charge is 0.235 e. The lowest BCUT2D eigenvalue weighted by atomic mass is 9.82. The zero-order valence-electron chi connectivity index (χ0n) is 21.0. The number of nitrogens with one attached hydrogen (secondary N) is 3. The van der Waals surface area contributed by atoms with Crippen LogP contribution >= 0.6 is 0 Å². The number of carbonyl (C=O) groups excluding carboxylic acids is 1. The van der Waals surface area contributed by atoms with Crippen molar-refractivity contribution in [3.8, 4) is 22.6 Å². The van der Waals surface area contributed by atoms with E-state index in [0.717, 1.165) is 40.4 Å². The van der Waals surface area contributed by atoms with Gasteiger partial charge < -0.3 is 5.32 Å². The van der Waals surface area contributed by atoms with Crippen molar-refractivity contribution in [3.05, 3.63) is 53.7 Å². The fraction of sp³-hybridized carbons (Fsp3) is 0.444. The van der Waals surface area contributed by atoms with Crippen LogP contribution < -0.4 is 5.32 Å². The van der Waals surface area contributed by atoms with Crippen LogP contribution in [-0.2, 0) is 11.3 Å². The normalized spacial score (nSPS) is 16.4. The largest absolute Gasteiger partial charge is 0.325 e. The summed E-state index contributed by atoms with van der Waals surface area (Å²) in [5.74, 6) is 2.31. The number of aromatic amines is 2. The molecule has 0 radical (unpaired) electrons. The topological polar surface area (TPSA) is 117 Å². The van der Waals surface area contributed by atoms with E-state index in [-0.39, 0.29) is 17.7 Å². The van der Waals surface area contributed by atoms with Crippen LogP contribution in [0.2, 0.25) is 0 Å². The summed E-state index contributed by atoms with van der Waals surface area (Å²) >= 11 is 0. The average Bonchev–Trinajstić information content (AvgIpc) is 3.77. The molecule has 3 heterocycles. The summed E-state index contributed by atoms with van der Waals surface area (Å²) < 4.78 is 1.87. The molecule has 9 heteroatoms. The van der Waals surface area contributed by atoms with Gasteiger partial charge >= 0.3 is 0 Å². The van der Waals surface area contributed by atoms with Crippen LogP contribution in [0.15, 0.2) is 36.5 Å². The van der Waals surface area contributed by atoms with E-state index in [0.29, 0.717) is 23.5 Å². The van der Waals surface area contributed by atoms with E-state index in [9.17, 15) is 4.79 Å². The zero-order valence-corrected chi connectivity index (χ0v) is 21.0. The molecule has 1 aromatic carbocycles. The second kappa shape index (κ2) is 9.04. The summed E-state index contributed by atoms with van der Waals surface area (Å²) in [6, 6.07) is 9.91. The van der Waals surface area contributed by atoms with E-state index in [2.05, 4.69) is 30.8 Å². The van der Waals surface area contributed by atoms with Gasteiger partial charge in [0.25, 0.3) is 0 Å². The molecule has 1 amide bonds. The molecule has 3 aromatic heterocycles. The van der Waals surface area contributed by atoms with Crippen LogP contribution in [-0.4, -0.2) is 41.1 Å². The van der Waals surface area contributed by atoms with E-state index in [1.807, 2.05) is 55.8 Å². The number of amides is 1. The van der Waals surface area contributed by atoms with Gasteiger partial charge in [0.05, 0.1) is 5.69 Å². The van der Waals surface area contributed by atoms with Gasteiger partial charge in [-0.15, -0.1) is 0 Å². The standard InChI is InChI=1S/C27H32N8O/c1-4-35-21(13-14-28-35)25-30-26(34-33-25)24(23(18-5-6-18)19-7-8-19)27(36)29-20-11-9-17(10-12-20)22-15(2)31-32-16(22)3/h9-14,18-19,23-24H,4-8H2,1-3H3,(H,29,36)(H,31,32)(H,30,33,34). The number of benzene rings is 1.